The van der Waals surface area contributed by atoms with Crippen molar-refractivity contribution in [1.29, 1.82) is 0 Å². The fraction of sp³-hybridized carbons (Fsp3) is 0.579. The molecular formula is C19H24O7. The van der Waals surface area contributed by atoms with Gasteiger partial charge >= 0.3 is 11.9 Å². The van der Waals surface area contributed by atoms with Crippen LogP contribution in [-0.4, -0.2) is 46.3 Å². The molecule has 4 atom stereocenters. The summed E-state index contributed by atoms with van der Waals surface area (Å²) in [5.41, 5.74) is -0.235. The second kappa shape index (κ2) is 6.33. The zero-order chi connectivity index (χ0) is 19.3. The van der Waals surface area contributed by atoms with Crippen LogP contribution in [-0.2, 0) is 23.8 Å². The lowest BCUT2D eigenvalue weighted by molar-refractivity contribution is -0.238. The Labute approximate surface area is 151 Å². The highest BCUT2D eigenvalue weighted by molar-refractivity contribution is 5.95. The summed E-state index contributed by atoms with van der Waals surface area (Å²) in [5, 5.41) is 20.6. The SMILES string of the molecule is C=C(C)C(=O)OC1CC(C)C2(O)CCC(C)(/C=C3/OC(=O)C(CO)=C31)O2. The van der Waals surface area contributed by atoms with E-state index in [1.165, 1.54) is 6.92 Å². The van der Waals surface area contributed by atoms with Gasteiger partial charge in [-0.1, -0.05) is 13.5 Å². The lowest BCUT2D eigenvalue weighted by Gasteiger charge is -2.33. The number of aliphatic hydroxyl groups is 2. The number of aliphatic hydroxyl groups excluding tert-OH is 1. The van der Waals surface area contributed by atoms with Gasteiger partial charge in [-0.2, -0.15) is 0 Å². The van der Waals surface area contributed by atoms with Crippen LogP contribution in [0.5, 0.6) is 0 Å². The second-order valence-corrected chi connectivity index (χ2v) is 7.52. The quantitative estimate of drug-likeness (QED) is 0.578. The molecule has 3 aliphatic rings. The van der Waals surface area contributed by atoms with E-state index in [2.05, 4.69) is 6.58 Å². The van der Waals surface area contributed by atoms with Crippen LogP contribution in [0.2, 0.25) is 0 Å². The minimum absolute atomic E-state index is 0.0522. The van der Waals surface area contributed by atoms with Crippen molar-refractivity contribution in [1.82, 2.24) is 0 Å². The first-order valence-electron chi connectivity index (χ1n) is 8.67. The Morgan fingerprint density at radius 1 is 1.46 bits per heavy atom. The monoisotopic (exact) mass is 364 g/mol. The molecule has 0 radical (unpaired) electrons. The van der Waals surface area contributed by atoms with Gasteiger partial charge in [-0.25, -0.2) is 9.59 Å². The number of fused-ring (bicyclic) bond motifs is 3. The minimum atomic E-state index is -1.37. The zero-order valence-corrected chi connectivity index (χ0v) is 15.2. The molecule has 3 heterocycles. The zero-order valence-electron chi connectivity index (χ0n) is 15.2. The van der Waals surface area contributed by atoms with Crippen LogP contribution in [0.4, 0.5) is 0 Å². The van der Waals surface area contributed by atoms with Crippen LogP contribution in [0.15, 0.2) is 35.1 Å². The molecule has 1 fully saturated rings. The van der Waals surface area contributed by atoms with Gasteiger partial charge in [0.25, 0.3) is 0 Å². The molecule has 0 saturated carbocycles. The molecule has 0 aromatic rings. The molecule has 0 aromatic carbocycles. The summed E-state index contributed by atoms with van der Waals surface area (Å²) in [6.07, 6.45) is 1.92. The van der Waals surface area contributed by atoms with Crippen molar-refractivity contribution in [2.45, 2.75) is 57.5 Å². The molecule has 7 heteroatoms. The highest BCUT2D eigenvalue weighted by Crippen LogP contribution is 2.47. The highest BCUT2D eigenvalue weighted by atomic mass is 16.6. The van der Waals surface area contributed by atoms with Gasteiger partial charge in [0, 0.05) is 23.5 Å². The van der Waals surface area contributed by atoms with Crippen LogP contribution in [0.25, 0.3) is 0 Å². The molecule has 0 aromatic heterocycles. The van der Waals surface area contributed by atoms with E-state index in [1.54, 1.807) is 19.9 Å². The molecule has 0 amide bonds. The van der Waals surface area contributed by atoms with E-state index in [0.717, 1.165) is 0 Å². The minimum Gasteiger partial charge on any atom is -0.454 e. The third-order valence-electron chi connectivity index (χ3n) is 5.28. The predicted octanol–water partition coefficient (Wildman–Crippen LogP) is 1.50. The normalized spacial score (nSPS) is 38.5. The fourth-order valence-corrected chi connectivity index (χ4v) is 3.70. The Morgan fingerprint density at radius 3 is 2.77 bits per heavy atom. The van der Waals surface area contributed by atoms with Crippen molar-refractivity contribution >= 4 is 11.9 Å². The lowest BCUT2D eigenvalue weighted by atomic mass is 9.86. The van der Waals surface area contributed by atoms with Gasteiger partial charge in [-0.15, -0.1) is 0 Å². The van der Waals surface area contributed by atoms with E-state index in [0.29, 0.717) is 18.4 Å². The van der Waals surface area contributed by atoms with Crippen LogP contribution < -0.4 is 0 Å². The number of ether oxygens (including phenoxy) is 3. The topological polar surface area (TPSA) is 102 Å². The standard InChI is InChI=1S/C19H24O7/c1-10(2)16(21)24-13-7-11(3)19(23)6-5-18(4,26-19)8-14-15(13)12(9-20)17(22)25-14/h8,11,13,20,23H,1,5-7,9H2,2-4H3/b14-8+. The molecule has 7 nitrogen and oxygen atoms in total. The molecule has 3 rings (SSSR count). The Kier molecular flexibility index (Phi) is 4.58. The van der Waals surface area contributed by atoms with Gasteiger partial charge in [-0.3, -0.25) is 0 Å². The van der Waals surface area contributed by atoms with Crippen molar-refractivity contribution < 1.29 is 34.0 Å². The van der Waals surface area contributed by atoms with E-state index in [9.17, 15) is 19.8 Å². The maximum absolute atomic E-state index is 12.2. The Balaban J connectivity index is 2.12. The summed E-state index contributed by atoms with van der Waals surface area (Å²) in [7, 11) is 0. The third kappa shape index (κ3) is 3.11. The van der Waals surface area contributed by atoms with Gasteiger partial charge in [0.15, 0.2) is 5.79 Å². The molecule has 0 aliphatic carbocycles. The van der Waals surface area contributed by atoms with Gasteiger partial charge in [-0.05, 0) is 32.8 Å². The van der Waals surface area contributed by atoms with Gasteiger partial charge in [0.2, 0.25) is 0 Å². The molecule has 26 heavy (non-hydrogen) atoms. The predicted molar refractivity (Wildman–Crippen MR) is 90.4 cm³/mol. The first kappa shape index (κ1) is 18.8. The Bertz CT molecular complexity index is 734. The molecule has 142 valence electrons. The molecular weight excluding hydrogens is 340 g/mol. The van der Waals surface area contributed by atoms with E-state index in [1.807, 2.05) is 0 Å². The first-order chi connectivity index (χ1) is 12.1. The number of carbonyl (C=O) groups excluding carboxylic acids is 2. The molecule has 3 aliphatic heterocycles. The Morgan fingerprint density at radius 2 is 2.15 bits per heavy atom. The number of carbonyl (C=O) groups is 2. The summed E-state index contributed by atoms with van der Waals surface area (Å²) < 4.78 is 16.8. The van der Waals surface area contributed by atoms with Crippen molar-refractivity contribution in [3.63, 3.8) is 0 Å². The fourth-order valence-electron chi connectivity index (χ4n) is 3.70. The van der Waals surface area contributed by atoms with E-state index >= 15 is 0 Å². The first-order valence-corrected chi connectivity index (χ1v) is 8.67. The van der Waals surface area contributed by atoms with Gasteiger partial charge in [0.05, 0.1) is 17.8 Å². The van der Waals surface area contributed by atoms with Gasteiger partial charge in [0.1, 0.15) is 11.9 Å². The van der Waals surface area contributed by atoms with Crippen molar-refractivity contribution in [2.24, 2.45) is 5.92 Å². The molecule has 4 unspecified atom stereocenters. The smallest absolute Gasteiger partial charge is 0.342 e. The average molecular weight is 364 g/mol. The van der Waals surface area contributed by atoms with Crippen LogP contribution in [0.1, 0.15) is 40.0 Å². The Hall–Kier alpha value is -1.96. The molecule has 2 N–H and O–H groups in total. The maximum atomic E-state index is 12.2. The lowest BCUT2D eigenvalue weighted by Crippen LogP contribution is -2.40. The maximum Gasteiger partial charge on any atom is 0.342 e. The van der Waals surface area contributed by atoms with E-state index in [4.69, 9.17) is 14.2 Å². The van der Waals surface area contributed by atoms with Crippen molar-refractivity contribution in [2.75, 3.05) is 6.61 Å². The highest BCUT2D eigenvalue weighted by Gasteiger charge is 2.52. The molecule has 1 saturated heterocycles. The summed E-state index contributed by atoms with van der Waals surface area (Å²) >= 11 is 0. The van der Waals surface area contributed by atoms with Crippen LogP contribution >= 0.6 is 0 Å². The molecule has 2 bridgehead atoms. The number of esters is 2. The number of hydrogen-bond donors (Lipinski definition) is 2. The van der Waals surface area contributed by atoms with Crippen molar-refractivity contribution in [3.05, 3.63) is 35.1 Å². The molecule has 0 spiro atoms. The largest absolute Gasteiger partial charge is 0.454 e. The summed E-state index contributed by atoms with van der Waals surface area (Å²) in [6, 6.07) is 0. The second-order valence-electron chi connectivity index (χ2n) is 7.52. The average Bonchev–Trinajstić information content (AvgIpc) is 3.03. The van der Waals surface area contributed by atoms with Crippen LogP contribution in [0.3, 0.4) is 0 Å². The van der Waals surface area contributed by atoms with Crippen molar-refractivity contribution in [3.8, 4) is 0 Å². The third-order valence-corrected chi connectivity index (χ3v) is 5.28. The van der Waals surface area contributed by atoms with E-state index < -0.39 is 36.0 Å². The van der Waals surface area contributed by atoms with Gasteiger partial charge < -0.3 is 24.4 Å². The summed E-state index contributed by atoms with van der Waals surface area (Å²) in [5.74, 6) is -2.84. The number of hydrogen-bond acceptors (Lipinski definition) is 7. The number of rotatable bonds is 3. The van der Waals surface area contributed by atoms with E-state index in [-0.39, 0.29) is 29.2 Å². The summed E-state index contributed by atoms with van der Waals surface area (Å²) in [6.45, 7) is 8.16. The van der Waals surface area contributed by atoms with Crippen LogP contribution in [0, 0.1) is 5.92 Å². The summed E-state index contributed by atoms with van der Waals surface area (Å²) in [4.78, 5) is 24.3.